The van der Waals surface area contributed by atoms with E-state index >= 15 is 0 Å². The number of hydrogen-bond acceptors (Lipinski definition) is 16. The van der Waals surface area contributed by atoms with E-state index < -0.39 is 123 Å². The maximum Gasteiger partial charge on any atom is 0.335 e. The van der Waals surface area contributed by atoms with Gasteiger partial charge in [0.15, 0.2) is 25.0 Å². The number of amides is 2. The van der Waals surface area contributed by atoms with Crippen LogP contribution < -0.4 is 10.6 Å². The molecule has 15 atom stereocenters. The average Bonchev–Trinajstić information content (AvgIpc) is 2.90. The number of aliphatic carboxylic acids is 1. The number of carboxylic acids is 1. The van der Waals surface area contributed by atoms with Crippen LogP contribution in [0.5, 0.6) is 0 Å². The summed E-state index contributed by atoms with van der Waals surface area (Å²) in [4.78, 5) is 35.7. The first-order chi connectivity index (χ1) is 19.2. The lowest BCUT2D eigenvalue weighted by molar-refractivity contribution is -0.356. The molecule has 11 N–H and O–H groups in total. The molecule has 3 saturated heterocycles. The van der Waals surface area contributed by atoms with Crippen LogP contribution in [0, 0.1) is 0 Å². The summed E-state index contributed by atoms with van der Waals surface area (Å²) in [6.45, 7) is 0.469. The molecule has 3 aliphatic heterocycles. The largest absolute Gasteiger partial charge is 0.479 e. The van der Waals surface area contributed by atoms with Crippen molar-refractivity contribution in [3.63, 3.8) is 0 Å². The molecule has 19 heteroatoms. The lowest BCUT2D eigenvalue weighted by Crippen LogP contribution is -2.70. The molecule has 3 fully saturated rings. The van der Waals surface area contributed by atoms with Gasteiger partial charge in [-0.25, -0.2) is 4.79 Å². The lowest BCUT2D eigenvalue weighted by atomic mass is 9.94. The van der Waals surface area contributed by atoms with Gasteiger partial charge in [0.25, 0.3) is 0 Å². The fourth-order valence-corrected chi connectivity index (χ4v) is 4.84. The van der Waals surface area contributed by atoms with Crippen molar-refractivity contribution in [2.24, 2.45) is 0 Å². The summed E-state index contributed by atoms with van der Waals surface area (Å²) in [5.41, 5.74) is 0. The van der Waals surface area contributed by atoms with Gasteiger partial charge in [0.1, 0.15) is 67.0 Å². The highest BCUT2D eigenvalue weighted by molar-refractivity contribution is 5.75. The number of carbonyl (C=O) groups excluding carboxylic acids is 2. The Balaban J connectivity index is 1.90. The molecule has 3 aliphatic rings. The average molecular weight is 601 g/mol. The molecule has 3 rings (SSSR count). The number of carboxylic acid groups (broad SMARTS) is 1. The Morgan fingerprint density at radius 3 is 1.73 bits per heavy atom. The van der Waals surface area contributed by atoms with Crippen molar-refractivity contribution in [2.75, 3.05) is 13.2 Å². The summed E-state index contributed by atoms with van der Waals surface area (Å²) in [6.07, 6.45) is -23.5. The topological polar surface area (TPSA) is 303 Å². The molecule has 0 spiro atoms. The highest BCUT2D eigenvalue weighted by Crippen LogP contribution is 2.32. The second-order valence-electron chi connectivity index (χ2n) is 9.84. The summed E-state index contributed by atoms with van der Waals surface area (Å²) in [7, 11) is 0. The zero-order valence-corrected chi connectivity index (χ0v) is 21.9. The molecule has 0 unspecified atom stereocenters. The second kappa shape index (κ2) is 13.9. The monoisotopic (exact) mass is 600 g/mol. The maximum absolute atomic E-state index is 12.2. The van der Waals surface area contributed by atoms with E-state index in [4.69, 9.17) is 23.7 Å². The normalized spacial score (nSPS) is 45.1. The molecule has 0 saturated carbocycles. The van der Waals surface area contributed by atoms with Crippen LogP contribution >= 0.6 is 0 Å². The van der Waals surface area contributed by atoms with Gasteiger partial charge in [0, 0.05) is 13.8 Å². The standard InChI is InChI=1S/C22H36N2O17/c1-5(27)23-9-12(30)16(8(4-26)37-20(9)36)39-21-10(24-6(2)28)13(31)17(18(41-21)19(34)35)40-22-15(33)14(32)11(29)7(3-25)38-22/h7-18,20-22,25-26,29-33,36H,3-4H2,1-2H3,(H,23,27)(H,24,28)(H,34,35)/t7-,8-,9-,10+,11+,12-,13-,14+,15-,16-,17+,18-,20+,21-,22-/m1/s1. The highest BCUT2D eigenvalue weighted by Gasteiger charge is 2.55. The van der Waals surface area contributed by atoms with E-state index in [0.717, 1.165) is 13.8 Å². The van der Waals surface area contributed by atoms with E-state index in [1.165, 1.54) is 0 Å². The number of hydrogen-bond donors (Lipinski definition) is 11. The van der Waals surface area contributed by atoms with E-state index in [0.29, 0.717) is 0 Å². The van der Waals surface area contributed by atoms with Gasteiger partial charge >= 0.3 is 5.97 Å². The van der Waals surface area contributed by atoms with Crippen LogP contribution in [0.25, 0.3) is 0 Å². The minimum atomic E-state index is -2.11. The van der Waals surface area contributed by atoms with E-state index in [2.05, 4.69) is 10.6 Å². The first kappa shape index (κ1) is 33.4. The molecule has 0 radical (unpaired) electrons. The van der Waals surface area contributed by atoms with E-state index in [1.54, 1.807) is 0 Å². The second-order valence-corrected chi connectivity index (χ2v) is 9.84. The van der Waals surface area contributed by atoms with Crippen LogP contribution in [-0.4, -0.2) is 169 Å². The molecule has 0 aromatic carbocycles. The van der Waals surface area contributed by atoms with Crippen LogP contribution in [0.1, 0.15) is 13.8 Å². The van der Waals surface area contributed by atoms with Gasteiger partial charge in [-0.3, -0.25) is 9.59 Å². The molecule has 0 aromatic rings. The summed E-state index contributed by atoms with van der Waals surface area (Å²) >= 11 is 0. The molecule has 41 heavy (non-hydrogen) atoms. The Bertz CT molecular complexity index is 925. The number of aliphatic hydroxyl groups excluding tert-OH is 8. The van der Waals surface area contributed by atoms with Crippen molar-refractivity contribution in [3.8, 4) is 0 Å². The number of rotatable bonds is 9. The third-order valence-corrected chi connectivity index (χ3v) is 6.86. The lowest BCUT2D eigenvalue weighted by Gasteiger charge is -2.48. The number of aliphatic hydroxyl groups is 8. The molecule has 19 nitrogen and oxygen atoms in total. The van der Waals surface area contributed by atoms with Gasteiger partial charge in [0.2, 0.25) is 11.8 Å². The molecular formula is C22H36N2O17. The summed E-state index contributed by atoms with van der Waals surface area (Å²) in [5.74, 6) is -3.17. The Morgan fingerprint density at radius 2 is 1.20 bits per heavy atom. The van der Waals surface area contributed by atoms with Gasteiger partial charge in [-0.2, -0.15) is 0 Å². The molecule has 2 amide bonds. The Kier molecular flexibility index (Phi) is 11.3. The van der Waals surface area contributed by atoms with Crippen molar-refractivity contribution < 1.29 is 84.0 Å². The van der Waals surface area contributed by atoms with Crippen LogP contribution in [0.2, 0.25) is 0 Å². The first-order valence-corrected chi connectivity index (χ1v) is 12.6. The quantitative estimate of drug-likeness (QED) is 0.117. The Morgan fingerprint density at radius 1 is 0.659 bits per heavy atom. The minimum absolute atomic E-state index is 0.669. The third-order valence-electron chi connectivity index (χ3n) is 6.86. The van der Waals surface area contributed by atoms with Gasteiger partial charge in [-0.1, -0.05) is 0 Å². The maximum atomic E-state index is 12.2. The van der Waals surface area contributed by atoms with Crippen LogP contribution in [-0.2, 0) is 38.1 Å². The first-order valence-electron chi connectivity index (χ1n) is 12.6. The van der Waals surface area contributed by atoms with Crippen LogP contribution in [0.3, 0.4) is 0 Å². The molecular weight excluding hydrogens is 564 g/mol. The van der Waals surface area contributed by atoms with Crippen molar-refractivity contribution >= 4 is 17.8 Å². The molecule has 0 bridgehead atoms. The predicted molar refractivity (Wildman–Crippen MR) is 125 cm³/mol. The van der Waals surface area contributed by atoms with Gasteiger partial charge in [-0.15, -0.1) is 0 Å². The summed E-state index contributed by atoms with van der Waals surface area (Å²) in [5, 5.41) is 96.0. The van der Waals surface area contributed by atoms with Crippen LogP contribution in [0.4, 0.5) is 0 Å². The Hall–Kier alpha value is -2.11. The van der Waals surface area contributed by atoms with Gasteiger partial charge in [-0.05, 0) is 0 Å². The van der Waals surface area contributed by atoms with Crippen molar-refractivity contribution in [1.82, 2.24) is 10.6 Å². The fourth-order valence-electron chi connectivity index (χ4n) is 4.84. The SMILES string of the molecule is CC(=O)N[C@@H]1[C@H](O[C@H]2[C@H](O)[C@@H](NC(C)=O)[C@@H](O)O[C@@H]2CO)O[C@@H](C(=O)O)[C@@H](O[C@H]2O[C@H](CO)[C@H](O)[C@H](O)[C@H]2O)[C@@H]1O. The number of nitrogens with one attached hydrogen (secondary N) is 2. The fraction of sp³-hybridized carbons (Fsp3) is 0.864. The van der Waals surface area contributed by atoms with Crippen LogP contribution in [0.15, 0.2) is 0 Å². The molecule has 0 aromatic heterocycles. The number of carbonyl (C=O) groups is 3. The summed E-state index contributed by atoms with van der Waals surface area (Å²) in [6, 6.07) is -3.11. The number of ether oxygens (including phenoxy) is 5. The predicted octanol–water partition coefficient (Wildman–Crippen LogP) is -7.19. The molecule has 236 valence electrons. The molecule has 0 aliphatic carbocycles. The third kappa shape index (κ3) is 7.28. The zero-order chi connectivity index (χ0) is 30.8. The minimum Gasteiger partial charge on any atom is -0.479 e. The van der Waals surface area contributed by atoms with E-state index in [-0.39, 0.29) is 0 Å². The smallest absolute Gasteiger partial charge is 0.335 e. The van der Waals surface area contributed by atoms with Crippen molar-refractivity contribution in [1.29, 1.82) is 0 Å². The van der Waals surface area contributed by atoms with E-state index in [1.807, 2.05) is 0 Å². The van der Waals surface area contributed by atoms with Gasteiger partial charge < -0.3 is 80.3 Å². The van der Waals surface area contributed by atoms with Crippen molar-refractivity contribution in [3.05, 3.63) is 0 Å². The molecule has 3 heterocycles. The zero-order valence-electron chi connectivity index (χ0n) is 21.9. The van der Waals surface area contributed by atoms with Crippen molar-refractivity contribution in [2.45, 2.75) is 106 Å². The highest BCUT2D eigenvalue weighted by atomic mass is 16.7. The van der Waals surface area contributed by atoms with E-state index in [9.17, 15) is 60.3 Å². The summed E-state index contributed by atoms with van der Waals surface area (Å²) < 4.78 is 27.1. The van der Waals surface area contributed by atoms with Gasteiger partial charge in [0.05, 0.1) is 13.2 Å². The Labute approximate surface area is 232 Å².